The lowest BCUT2D eigenvalue weighted by Crippen LogP contribution is -2.14. The Bertz CT molecular complexity index is 1200. The molecule has 30 heavy (non-hydrogen) atoms. The van der Waals surface area contributed by atoms with Crippen LogP contribution in [-0.2, 0) is 17.8 Å². The van der Waals surface area contributed by atoms with Gasteiger partial charge in [0.2, 0.25) is 0 Å². The van der Waals surface area contributed by atoms with Crippen molar-refractivity contribution in [3.8, 4) is 21.8 Å². The normalized spacial score (nSPS) is 12.6. The van der Waals surface area contributed by atoms with E-state index in [0.29, 0.717) is 5.56 Å². The molecule has 0 aliphatic carbocycles. The van der Waals surface area contributed by atoms with Crippen molar-refractivity contribution in [1.29, 1.82) is 0 Å². The van der Waals surface area contributed by atoms with Crippen LogP contribution in [0.25, 0.3) is 21.8 Å². The van der Waals surface area contributed by atoms with Crippen LogP contribution in [0.15, 0.2) is 78.2 Å². The Kier molecular flexibility index (Phi) is 4.81. The van der Waals surface area contributed by atoms with Crippen molar-refractivity contribution in [2.75, 3.05) is 12.0 Å². The van der Waals surface area contributed by atoms with Crippen LogP contribution in [0.2, 0.25) is 0 Å². The minimum absolute atomic E-state index is 0.293. The van der Waals surface area contributed by atoms with Crippen LogP contribution in [0.1, 0.15) is 21.5 Å². The topological polar surface area (TPSA) is 42.4 Å². The van der Waals surface area contributed by atoms with Crippen molar-refractivity contribution in [2.45, 2.75) is 13.1 Å². The number of carbonyl (C=O) groups is 1. The Morgan fingerprint density at radius 2 is 1.70 bits per heavy atom. The number of thiazole rings is 1. The monoisotopic (exact) mass is 412 g/mol. The van der Waals surface area contributed by atoms with Crippen molar-refractivity contribution in [2.24, 2.45) is 0 Å². The summed E-state index contributed by atoms with van der Waals surface area (Å²) in [6.07, 6.45) is 0. The first-order valence-corrected chi connectivity index (χ1v) is 10.7. The van der Waals surface area contributed by atoms with Crippen LogP contribution in [0, 0.1) is 0 Å². The van der Waals surface area contributed by atoms with Gasteiger partial charge in [0.05, 0.1) is 18.4 Å². The molecule has 0 N–H and O–H groups in total. The zero-order valence-electron chi connectivity index (χ0n) is 16.5. The molecule has 5 rings (SSSR count). The highest BCUT2D eigenvalue weighted by molar-refractivity contribution is 7.13. The van der Waals surface area contributed by atoms with Gasteiger partial charge in [-0.25, -0.2) is 9.78 Å². The molecule has 4 aromatic rings. The molecule has 0 radical (unpaired) electrons. The fourth-order valence-electron chi connectivity index (χ4n) is 3.78. The molecule has 0 bridgehead atoms. The summed E-state index contributed by atoms with van der Waals surface area (Å²) in [5.74, 6) is -0.293. The van der Waals surface area contributed by atoms with Gasteiger partial charge in [-0.2, -0.15) is 0 Å². The Labute approximate surface area is 179 Å². The first-order chi connectivity index (χ1) is 14.7. The summed E-state index contributed by atoms with van der Waals surface area (Å²) in [5.41, 5.74) is 7.44. The van der Waals surface area contributed by atoms with Crippen molar-refractivity contribution >= 4 is 23.0 Å². The maximum atomic E-state index is 11.8. The summed E-state index contributed by atoms with van der Waals surface area (Å²) in [6.45, 7) is 1.62. The number of aromatic nitrogens is 1. The number of anilines is 1. The van der Waals surface area contributed by atoms with Gasteiger partial charge in [-0.1, -0.05) is 48.5 Å². The number of esters is 1. The maximum absolute atomic E-state index is 11.8. The van der Waals surface area contributed by atoms with Crippen molar-refractivity contribution < 1.29 is 9.53 Å². The summed E-state index contributed by atoms with van der Waals surface area (Å²) in [7, 11) is 1.41. The molecule has 0 amide bonds. The zero-order chi connectivity index (χ0) is 20.5. The highest BCUT2D eigenvalue weighted by Gasteiger charge is 2.21. The molecule has 1 aliphatic heterocycles. The average molecular weight is 413 g/mol. The highest BCUT2D eigenvalue weighted by atomic mass is 32.1. The molecule has 0 spiro atoms. The van der Waals surface area contributed by atoms with Gasteiger partial charge in [0.25, 0.3) is 0 Å². The van der Waals surface area contributed by atoms with Gasteiger partial charge < -0.3 is 9.64 Å². The lowest BCUT2D eigenvalue weighted by Gasteiger charge is -2.17. The van der Waals surface area contributed by atoms with Gasteiger partial charge in [0, 0.05) is 35.3 Å². The summed E-state index contributed by atoms with van der Waals surface area (Å²) in [4.78, 5) is 18.9. The second kappa shape index (κ2) is 7.76. The van der Waals surface area contributed by atoms with E-state index in [1.807, 2.05) is 36.4 Å². The van der Waals surface area contributed by atoms with E-state index in [2.05, 4.69) is 46.7 Å². The Morgan fingerprint density at radius 1 is 0.933 bits per heavy atom. The number of carbonyl (C=O) groups excluding carboxylic acids is 1. The van der Waals surface area contributed by atoms with Gasteiger partial charge in [-0.05, 0) is 35.4 Å². The van der Waals surface area contributed by atoms with Gasteiger partial charge in [-0.3, -0.25) is 0 Å². The molecule has 5 heteroatoms. The van der Waals surface area contributed by atoms with E-state index in [1.54, 1.807) is 11.3 Å². The number of ether oxygens (including phenoxy) is 1. The van der Waals surface area contributed by atoms with Crippen LogP contribution in [-0.4, -0.2) is 18.1 Å². The van der Waals surface area contributed by atoms with E-state index in [1.165, 1.54) is 18.2 Å². The minimum Gasteiger partial charge on any atom is -0.465 e. The van der Waals surface area contributed by atoms with Crippen LogP contribution in [0.3, 0.4) is 0 Å². The van der Waals surface area contributed by atoms with Crippen molar-refractivity contribution in [3.63, 3.8) is 0 Å². The van der Waals surface area contributed by atoms with Crippen LogP contribution >= 0.6 is 11.3 Å². The average Bonchev–Trinajstić information content (AvgIpc) is 3.46. The third-order valence-electron chi connectivity index (χ3n) is 5.40. The minimum atomic E-state index is -0.293. The first kappa shape index (κ1) is 18.6. The van der Waals surface area contributed by atoms with E-state index in [0.717, 1.165) is 40.6 Å². The Morgan fingerprint density at radius 3 is 2.47 bits per heavy atom. The molecule has 0 fully saturated rings. The number of nitrogens with zero attached hydrogens (tertiary/aromatic N) is 2. The van der Waals surface area contributed by atoms with Crippen LogP contribution in [0.5, 0.6) is 0 Å². The quantitative estimate of drug-likeness (QED) is 0.398. The molecule has 0 saturated carbocycles. The lowest BCUT2D eigenvalue weighted by atomic mass is 10.1. The fourth-order valence-corrected chi connectivity index (χ4v) is 4.62. The number of methoxy groups -OCH3 is 1. The zero-order valence-corrected chi connectivity index (χ0v) is 17.4. The predicted molar refractivity (Wildman–Crippen MR) is 121 cm³/mol. The molecule has 1 aromatic heterocycles. The molecule has 0 saturated heterocycles. The molecule has 148 valence electrons. The second-order valence-electron chi connectivity index (χ2n) is 7.28. The molecular weight excluding hydrogens is 392 g/mol. The molecule has 0 atom stereocenters. The molecule has 1 aliphatic rings. The number of fused-ring (bicyclic) bond motifs is 1. The van der Waals surface area contributed by atoms with E-state index in [4.69, 9.17) is 9.72 Å². The molecule has 3 aromatic carbocycles. The summed E-state index contributed by atoms with van der Waals surface area (Å²) >= 11 is 1.66. The number of benzene rings is 3. The summed E-state index contributed by atoms with van der Waals surface area (Å²) in [5, 5.41) is 3.14. The van der Waals surface area contributed by atoms with Crippen molar-refractivity contribution in [3.05, 3.63) is 94.9 Å². The SMILES string of the molecule is COC(=O)c1ccc2c(c1)CN(c1ccc(-c3csc(-c4ccccc4)n3)cc1)C2. The highest BCUT2D eigenvalue weighted by Crippen LogP contribution is 2.32. The fraction of sp³-hybridized carbons (Fsp3) is 0.120. The van der Waals surface area contributed by atoms with E-state index < -0.39 is 0 Å². The third-order valence-corrected chi connectivity index (χ3v) is 6.29. The molecule has 2 heterocycles. The maximum Gasteiger partial charge on any atom is 0.337 e. The van der Waals surface area contributed by atoms with Gasteiger partial charge >= 0.3 is 5.97 Å². The van der Waals surface area contributed by atoms with Crippen molar-refractivity contribution in [1.82, 2.24) is 4.98 Å². The predicted octanol–water partition coefficient (Wildman–Crippen LogP) is 5.78. The summed E-state index contributed by atoms with van der Waals surface area (Å²) in [6, 6.07) is 24.6. The van der Waals surface area contributed by atoms with E-state index in [9.17, 15) is 4.79 Å². The number of rotatable bonds is 4. The molecular formula is C25H20N2O2S. The second-order valence-corrected chi connectivity index (χ2v) is 8.14. The standard InChI is InChI=1S/C25H20N2O2S/c1-29-25(28)19-7-8-20-14-27(15-21(20)13-19)22-11-9-17(10-12-22)23-16-30-24(26-23)18-5-3-2-4-6-18/h2-13,16H,14-15H2,1H3. The van der Waals surface area contributed by atoms with Gasteiger partial charge in [0.1, 0.15) is 5.01 Å². The number of hydrogen-bond acceptors (Lipinski definition) is 5. The Hall–Kier alpha value is -3.44. The lowest BCUT2D eigenvalue weighted by molar-refractivity contribution is 0.0600. The third kappa shape index (κ3) is 3.48. The summed E-state index contributed by atoms with van der Waals surface area (Å²) < 4.78 is 4.84. The Balaban J connectivity index is 1.33. The molecule has 4 nitrogen and oxygen atoms in total. The van der Waals surface area contributed by atoms with E-state index in [-0.39, 0.29) is 5.97 Å². The van der Waals surface area contributed by atoms with E-state index >= 15 is 0 Å². The van der Waals surface area contributed by atoms with Crippen LogP contribution in [0.4, 0.5) is 5.69 Å². The smallest absolute Gasteiger partial charge is 0.337 e. The van der Waals surface area contributed by atoms with Gasteiger partial charge in [0.15, 0.2) is 0 Å². The first-order valence-electron chi connectivity index (χ1n) is 9.78. The number of hydrogen-bond donors (Lipinski definition) is 0. The molecule has 0 unspecified atom stereocenters. The van der Waals surface area contributed by atoms with Gasteiger partial charge in [-0.15, -0.1) is 11.3 Å². The largest absolute Gasteiger partial charge is 0.465 e. The van der Waals surface area contributed by atoms with Crippen LogP contribution < -0.4 is 4.90 Å².